The van der Waals surface area contributed by atoms with Gasteiger partial charge in [0.25, 0.3) is 0 Å². The maximum absolute atomic E-state index is 8.86. The molecule has 0 unspecified atom stereocenters. The molecule has 0 atom stereocenters. The molecule has 1 aromatic carbocycles. The van der Waals surface area contributed by atoms with Crippen LogP contribution in [0, 0.1) is 6.92 Å². The van der Waals surface area contributed by atoms with Gasteiger partial charge in [-0.1, -0.05) is 30.3 Å². The van der Waals surface area contributed by atoms with Gasteiger partial charge in [-0.2, -0.15) is 0 Å². The van der Waals surface area contributed by atoms with Crippen molar-refractivity contribution in [2.24, 2.45) is 0 Å². The van der Waals surface area contributed by atoms with E-state index in [-0.39, 0.29) is 0 Å². The second-order valence-corrected chi connectivity index (χ2v) is 3.12. The molecule has 0 fully saturated rings. The first-order valence-electron chi connectivity index (χ1n) is 4.21. The molecule has 0 radical (unpaired) electrons. The van der Waals surface area contributed by atoms with Gasteiger partial charge in [-0.15, -0.1) is 0 Å². The third-order valence-electron chi connectivity index (χ3n) is 1.98. The quantitative estimate of drug-likeness (QED) is 0.668. The predicted molar refractivity (Wildman–Crippen MR) is 55.0 cm³/mol. The highest BCUT2D eigenvalue weighted by Gasteiger charge is 2.08. The maximum atomic E-state index is 8.86. The normalized spacial score (nSPS) is 11.5. The van der Waals surface area contributed by atoms with E-state index < -0.39 is 7.12 Å². The Hall–Kier alpha value is -1.06. The van der Waals surface area contributed by atoms with Crippen molar-refractivity contribution in [3.8, 4) is 0 Å². The van der Waals surface area contributed by atoms with Crippen LogP contribution in [0.3, 0.4) is 0 Å². The second kappa shape index (κ2) is 4.26. The zero-order valence-electron chi connectivity index (χ0n) is 7.86. The number of benzene rings is 1. The number of hydrogen-bond acceptors (Lipinski definition) is 2. The van der Waals surface area contributed by atoms with Crippen molar-refractivity contribution in [3.63, 3.8) is 0 Å². The molecule has 0 saturated carbocycles. The van der Waals surface area contributed by atoms with Crippen molar-refractivity contribution in [1.82, 2.24) is 0 Å². The first-order valence-corrected chi connectivity index (χ1v) is 4.21. The maximum Gasteiger partial charge on any atom is 0.483 e. The van der Waals surface area contributed by atoms with Gasteiger partial charge in [-0.05, 0) is 30.4 Å². The summed E-state index contributed by atoms with van der Waals surface area (Å²) < 4.78 is 0. The summed E-state index contributed by atoms with van der Waals surface area (Å²) in [5, 5.41) is 17.7. The van der Waals surface area contributed by atoms with Crippen LogP contribution in [-0.2, 0) is 0 Å². The standard InChI is InChI=1S/C10H13BO2/c1-8-5-3-4-6-10(8)7-9(2)11(12)13/h3-7,12-13H,1-2H3/b9-7+. The van der Waals surface area contributed by atoms with Crippen LogP contribution in [-0.4, -0.2) is 17.2 Å². The molecular weight excluding hydrogens is 163 g/mol. The predicted octanol–water partition coefficient (Wildman–Crippen LogP) is 1.41. The summed E-state index contributed by atoms with van der Waals surface area (Å²) in [5.41, 5.74) is 2.70. The lowest BCUT2D eigenvalue weighted by molar-refractivity contribution is 0.419. The Morgan fingerprint density at radius 1 is 1.31 bits per heavy atom. The van der Waals surface area contributed by atoms with Crippen molar-refractivity contribution >= 4 is 13.2 Å². The van der Waals surface area contributed by atoms with E-state index in [4.69, 9.17) is 10.0 Å². The molecule has 0 heterocycles. The molecular formula is C10H13BO2. The highest BCUT2D eigenvalue weighted by Crippen LogP contribution is 2.11. The van der Waals surface area contributed by atoms with Gasteiger partial charge in [-0.25, -0.2) is 0 Å². The van der Waals surface area contributed by atoms with E-state index in [2.05, 4.69) is 0 Å². The summed E-state index contributed by atoms with van der Waals surface area (Å²) in [6.45, 7) is 3.68. The Morgan fingerprint density at radius 2 is 1.92 bits per heavy atom. The van der Waals surface area contributed by atoms with Crippen LogP contribution in [0.15, 0.2) is 29.7 Å². The van der Waals surface area contributed by atoms with Crippen LogP contribution < -0.4 is 0 Å². The molecule has 0 aliphatic carbocycles. The van der Waals surface area contributed by atoms with Gasteiger partial charge in [0.2, 0.25) is 0 Å². The van der Waals surface area contributed by atoms with Gasteiger partial charge in [-0.3, -0.25) is 0 Å². The van der Waals surface area contributed by atoms with Crippen LogP contribution in [0.4, 0.5) is 0 Å². The average molecular weight is 176 g/mol. The topological polar surface area (TPSA) is 40.5 Å². The van der Waals surface area contributed by atoms with Gasteiger partial charge in [0, 0.05) is 0 Å². The third-order valence-corrected chi connectivity index (χ3v) is 1.98. The lowest BCUT2D eigenvalue weighted by Gasteiger charge is -2.02. The molecule has 2 N–H and O–H groups in total. The molecule has 2 nitrogen and oxygen atoms in total. The molecule has 3 heteroatoms. The Kier molecular flexibility index (Phi) is 3.28. The molecule has 1 aromatic rings. The molecule has 0 spiro atoms. The van der Waals surface area contributed by atoms with E-state index >= 15 is 0 Å². The Balaban J connectivity index is 2.97. The molecule has 13 heavy (non-hydrogen) atoms. The first kappa shape index (κ1) is 10.0. The Bertz CT molecular complexity index is 318. The molecule has 0 aromatic heterocycles. The minimum absolute atomic E-state index is 0.550. The van der Waals surface area contributed by atoms with E-state index in [0.29, 0.717) is 5.47 Å². The summed E-state index contributed by atoms with van der Waals surface area (Å²) in [6, 6.07) is 7.82. The molecule has 0 saturated heterocycles. The monoisotopic (exact) mass is 176 g/mol. The smallest absolute Gasteiger partial charge is 0.423 e. The highest BCUT2D eigenvalue weighted by atomic mass is 16.4. The van der Waals surface area contributed by atoms with Gasteiger partial charge in [0.05, 0.1) is 0 Å². The minimum atomic E-state index is -1.36. The van der Waals surface area contributed by atoms with Gasteiger partial charge in [0.1, 0.15) is 0 Å². The van der Waals surface area contributed by atoms with Crippen LogP contribution in [0.5, 0.6) is 0 Å². The third kappa shape index (κ3) is 2.72. The number of allylic oxidation sites excluding steroid dienone is 1. The van der Waals surface area contributed by atoms with Gasteiger partial charge < -0.3 is 10.0 Å². The van der Waals surface area contributed by atoms with Crippen molar-refractivity contribution in [3.05, 3.63) is 40.9 Å². The molecule has 68 valence electrons. The fourth-order valence-electron chi connectivity index (χ4n) is 1.07. The van der Waals surface area contributed by atoms with Gasteiger partial charge >= 0.3 is 7.12 Å². The van der Waals surface area contributed by atoms with E-state index in [1.165, 1.54) is 0 Å². The highest BCUT2D eigenvalue weighted by molar-refractivity contribution is 6.51. The molecule has 0 aliphatic rings. The van der Waals surface area contributed by atoms with Gasteiger partial charge in [0.15, 0.2) is 0 Å². The fraction of sp³-hybridized carbons (Fsp3) is 0.200. The van der Waals surface area contributed by atoms with E-state index in [1.54, 1.807) is 13.0 Å². The summed E-state index contributed by atoms with van der Waals surface area (Å²) in [4.78, 5) is 0. The van der Waals surface area contributed by atoms with Crippen LogP contribution >= 0.6 is 0 Å². The molecule has 0 amide bonds. The zero-order valence-corrected chi connectivity index (χ0v) is 7.86. The first-order chi connectivity index (χ1) is 6.11. The second-order valence-electron chi connectivity index (χ2n) is 3.12. The molecule has 1 rings (SSSR count). The fourth-order valence-corrected chi connectivity index (χ4v) is 1.07. The zero-order chi connectivity index (χ0) is 9.84. The SMILES string of the molecule is C/C(=C\c1ccccc1C)B(O)O. The summed E-state index contributed by atoms with van der Waals surface area (Å²) in [7, 11) is -1.36. The van der Waals surface area contributed by atoms with Crippen molar-refractivity contribution in [2.75, 3.05) is 0 Å². The minimum Gasteiger partial charge on any atom is -0.423 e. The van der Waals surface area contributed by atoms with E-state index in [0.717, 1.165) is 11.1 Å². The average Bonchev–Trinajstić information content (AvgIpc) is 2.08. The lowest BCUT2D eigenvalue weighted by atomic mass is 9.79. The summed E-state index contributed by atoms with van der Waals surface area (Å²) in [6.07, 6.45) is 1.78. The van der Waals surface area contributed by atoms with E-state index in [9.17, 15) is 0 Å². The van der Waals surface area contributed by atoms with Crippen molar-refractivity contribution in [1.29, 1.82) is 0 Å². The number of aryl methyl sites for hydroxylation is 1. The van der Waals surface area contributed by atoms with Crippen molar-refractivity contribution < 1.29 is 10.0 Å². The van der Waals surface area contributed by atoms with Crippen molar-refractivity contribution in [2.45, 2.75) is 13.8 Å². The number of rotatable bonds is 2. The van der Waals surface area contributed by atoms with E-state index in [1.807, 2.05) is 31.2 Å². The molecule has 0 bridgehead atoms. The Morgan fingerprint density at radius 3 is 2.46 bits per heavy atom. The number of hydrogen-bond donors (Lipinski definition) is 2. The molecule has 0 aliphatic heterocycles. The lowest BCUT2D eigenvalue weighted by Crippen LogP contribution is -2.12. The summed E-state index contributed by atoms with van der Waals surface area (Å²) >= 11 is 0. The van der Waals surface area contributed by atoms with Crippen LogP contribution in [0.25, 0.3) is 6.08 Å². The Labute approximate surface area is 78.7 Å². The van der Waals surface area contributed by atoms with Crippen LogP contribution in [0.2, 0.25) is 0 Å². The summed E-state index contributed by atoms with van der Waals surface area (Å²) in [5.74, 6) is 0. The van der Waals surface area contributed by atoms with Crippen LogP contribution in [0.1, 0.15) is 18.1 Å². The largest absolute Gasteiger partial charge is 0.483 e.